The molecule has 0 aliphatic carbocycles. The normalized spacial score (nSPS) is 12.8. The average Bonchev–Trinajstić information content (AvgIpc) is 2.85. The highest BCUT2D eigenvalue weighted by atomic mass is 16.3. The Balaban J connectivity index is 2.06. The summed E-state index contributed by atoms with van der Waals surface area (Å²) >= 11 is 0. The van der Waals surface area contributed by atoms with Gasteiger partial charge in [0.1, 0.15) is 0 Å². The summed E-state index contributed by atoms with van der Waals surface area (Å²) in [5.74, 6) is 0. The van der Waals surface area contributed by atoms with Gasteiger partial charge in [0.05, 0.1) is 6.10 Å². The Hall–Kier alpha value is -1.58. The average molecular weight is 272 g/mol. The van der Waals surface area contributed by atoms with E-state index in [2.05, 4.69) is 59.1 Å². The van der Waals surface area contributed by atoms with Gasteiger partial charge in [0.15, 0.2) is 0 Å². The van der Waals surface area contributed by atoms with Crippen LogP contribution in [0.15, 0.2) is 48.7 Å². The molecule has 20 heavy (non-hydrogen) atoms. The number of hydrogen-bond donors (Lipinski definition) is 1. The van der Waals surface area contributed by atoms with Crippen LogP contribution in [0.3, 0.4) is 0 Å². The Morgan fingerprint density at radius 2 is 1.85 bits per heavy atom. The van der Waals surface area contributed by atoms with Crippen molar-refractivity contribution in [3.63, 3.8) is 0 Å². The van der Waals surface area contributed by atoms with Crippen LogP contribution in [0.1, 0.15) is 24.6 Å². The first-order valence-corrected chi connectivity index (χ1v) is 7.23. The van der Waals surface area contributed by atoms with Crippen LogP contribution in [-0.4, -0.2) is 27.2 Å². The molecule has 1 N–H and O–H groups in total. The number of benzene rings is 1. The zero-order chi connectivity index (χ0) is 14.4. The van der Waals surface area contributed by atoms with Crippen molar-refractivity contribution in [2.24, 2.45) is 7.05 Å². The molecule has 0 bridgehead atoms. The summed E-state index contributed by atoms with van der Waals surface area (Å²) in [6.07, 6.45) is 2.59. The summed E-state index contributed by atoms with van der Waals surface area (Å²) < 4.78 is 2.14. The summed E-state index contributed by atoms with van der Waals surface area (Å²) in [7, 11) is 2.06. The van der Waals surface area contributed by atoms with Gasteiger partial charge in [-0.1, -0.05) is 37.3 Å². The predicted molar refractivity (Wildman–Crippen MR) is 82.3 cm³/mol. The second kappa shape index (κ2) is 7.27. The summed E-state index contributed by atoms with van der Waals surface area (Å²) in [4.78, 5) is 2.30. The maximum Gasteiger partial charge on any atom is 0.0664 e. The molecule has 0 saturated carbocycles. The Labute approximate surface area is 121 Å². The van der Waals surface area contributed by atoms with Gasteiger partial charge in [0.2, 0.25) is 0 Å². The third-order valence-electron chi connectivity index (χ3n) is 3.63. The molecule has 1 aromatic heterocycles. The third-order valence-corrected chi connectivity index (χ3v) is 3.63. The minimum absolute atomic E-state index is 0.265. The fraction of sp³-hybridized carbons (Fsp3) is 0.412. The van der Waals surface area contributed by atoms with E-state index < -0.39 is 0 Å². The number of rotatable bonds is 7. The molecule has 3 heteroatoms. The highest BCUT2D eigenvalue weighted by Gasteiger charge is 2.12. The third kappa shape index (κ3) is 4.22. The fourth-order valence-corrected chi connectivity index (χ4v) is 2.34. The van der Waals surface area contributed by atoms with Crippen molar-refractivity contribution < 1.29 is 5.11 Å². The summed E-state index contributed by atoms with van der Waals surface area (Å²) in [5, 5.41) is 9.96. The molecule has 2 rings (SSSR count). The zero-order valence-corrected chi connectivity index (χ0v) is 12.4. The summed E-state index contributed by atoms with van der Waals surface area (Å²) in [5.41, 5.74) is 2.55. The Kier molecular flexibility index (Phi) is 5.39. The molecule has 108 valence electrons. The van der Waals surface area contributed by atoms with Crippen LogP contribution in [-0.2, 0) is 20.1 Å². The molecule has 0 spiro atoms. The van der Waals surface area contributed by atoms with Crippen LogP contribution < -0.4 is 0 Å². The molecule has 0 aliphatic heterocycles. The fourth-order valence-electron chi connectivity index (χ4n) is 2.34. The van der Waals surface area contributed by atoms with Gasteiger partial charge >= 0.3 is 0 Å². The van der Waals surface area contributed by atoms with E-state index in [0.717, 1.165) is 19.5 Å². The van der Waals surface area contributed by atoms with Crippen molar-refractivity contribution in [3.05, 3.63) is 59.9 Å². The molecule has 1 heterocycles. The van der Waals surface area contributed by atoms with Gasteiger partial charge in [-0.3, -0.25) is 4.90 Å². The molecular formula is C17H24N2O. The predicted octanol–water partition coefficient (Wildman–Crippen LogP) is 2.80. The van der Waals surface area contributed by atoms with E-state index in [1.165, 1.54) is 11.3 Å². The molecule has 1 aromatic carbocycles. The first-order chi connectivity index (χ1) is 9.69. The van der Waals surface area contributed by atoms with E-state index in [0.29, 0.717) is 6.54 Å². The molecule has 0 radical (unpaired) electrons. The van der Waals surface area contributed by atoms with Gasteiger partial charge in [-0.25, -0.2) is 0 Å². The Morgan fingerprint density at radius 3 is 2.45 bits per heavy atom. The van der Waals surface area contributed by atoms with Crippen LogP contribution in [0.5, 0.6) is 0 Å². The molecule has 2 aromatic rings. The molecular weight excluding hydrogens is 248 g/mol. The second-order valence-electron chi connectivity index (χ2n) is 5.33. The zero-order valence-electron chi connectivity index (χ0n) is 12.4. The molecule has 0 fully saturated rings. The minimum Gasteiger partial charge on any atom is -0.392 e. The molecule has 0 saturated heterocycles. The summed E-state index contributed by atoms with van der Waals surface area (Å²) in [6, 6.07) is 14.6. The van der Waals surface area contributed by atoms with Crippen molar-refractivity contribution in [2.45, 2.75) is 32.5 Å². The number of aryl methyl sites for hydroxylation is 1. The van der Waals surface area contributed by atoms with E-state index in [-0.39, 0.29) is 6.10 Å². The number of nitrogens with zero attached hydrogens (tertiary/aromatic N) is 2. The topological polar surface area (TPSA) is 28.4 Å². The molecule has 0 aliphatic rings. The van der Waals surface area contributed by atoms with Crippen molar-refractivity contribution in [1.82, 2.24) is 9.47 Å². The van der Waals surface area contributed by atoms with E-state index in [9.17, 15) is 5.11 Å². The number of aliphatic hydroxyl groups excluding tert-OH is 1. The second-order valence-corrected chi connectivity index (χ2v) is 5.33. The first-order valence-electron chi connectivity index (χ1n) is 7.23. The summed E-state index contributed by atoms with van der Waals surface area (Å²) in [6.45, 7) is 4.45. The van der Waals surface area contributed by atoms with Crippen LogP contribution >= 0.6 is 0 Å². The maximum absolute atomic E-state index is 9.96. The highest BCUT2D eigenvalue weighted by Crippen LogP contribution is 2.11. The van der Waals surface area contributed by atoms with Gasteiger partial charge < -0.3 is 9.67 Å². The molecule has 3 nitrogen and oxygen atoms in total. The quantitative estimate of drug-likeness (QED) is 0.839. The van der Waals surface area contributed by atoms with Gasteiger partial charge in [-0.05, 0) is 24.1 Å². The van der Waals surface area contributed by atoms with Gasteiger partial charge in [-0.2, -0.15) is 0 Å². The first kappa shape index (κ1) is 14.8. The lowest BCUT2D eigenvalue weighted by Gasteiger charge is -2.25. The Bertz CT molecular complexity index is 507. The monoisotopic (exact) mass is 272 g/mol. The van der Waals surface area contributed by atoms with Crippen LogP contribution in [0.4, 0.5) is 0 Å². The van der Waals surface area contributed by atoms with Crippen molar-refractivity contribution in [2.75, 3.05) is 6.54 Å². The van der Waals surface area contributed by atoms with Crippen molar-refractivity contribution in [3.8, 4) is 0 Å². The minimum atomic E-state index is -0.265. The lowest BCUT2D eigenvalue weighted by atomic mass is 10.2. The van der Waals surface area contributed by atoms with Crippen molar-refractivity contribution in [1.29, 1.82) is 0 Å². The standard InChI is InChI=1S/C17H24N2O/c1-3-17(20)14-19(12-15-8-5-4-6-9-15)13-16-10-7-11-18(16)2/h4-11,17,20H,3,12-14H2,1-2H3. The number of aromatic nitrogens is 1. The molecule has 1 atom stereocenters. The molecule has 0 amide bonds. The van der Waals surface area contributed by atoms with E-state index in [1.807, 2.05) is 13.0 Å². The Morgan fingerprint density at radius 1 is 1.10 bits per heavy atom. The smallest absolute Gasteiger partial charge is 0.0664 e. The number of aliphatic hydroxyl groups is 1. The SMILES string of the molecule is CCC(O)CN(Cc1ccccc1)Cc1cccn1C. The van der Waals surface area contributed by atoms with E-state index >= 15 is 0 Å². The van der Waals surface area contributed by atoms with Crippen LogP contribution in [0.25, 0.3) is 0 Å². The van der Waals surface area contributed by atoms with Gasteiger partial charge in [0, 0.05) is 38.6 Å². The van der Waals surface area contributed by atoms with Crippen LogP contribution in [0, 0.1) is 0 Å². The van der Waals surface area contributed by atoms with E-state index in [1.54, 1.807) is 0 Å². The van der Waals surface area contributed by atoms with Crippen LogP contribution in [0.2, 0.25) is 0 Å². The lowest BCUT2D eigenvalue weighted by Crippen LogP contribution is -2.32. The highest BCUT2D eigenvalue weighted by molar-refractivity contribution is 5.15. The van der Waals surface area contributed by atoms with Gasteiger partial charge in [-0.15, -0.1) is 0 Å². The number of hydrogen-bond acceptors (Lipinski definition) is 2. The molecule has 1 unspecified atom stereocenters. The maximum atomic E-state index is 9.96. The van der Waals surface area contributed by atoms with E-state index in [4.69, 9.17) is 0 Å². The lowest BCUT2D eigenvalue weighted by molar-refractivity contribution is 0.100. The van der Waals surface area contributed by atoms with Gasteiger partial charge in [0.25, 0.3) is 0 Å². The van der Waals surface area contributed by atoms with Crippen molar-refractivity contribution >= 4 is 0 Å². The largest absolute Gasteiger partial charge is 0.392 e.